The summed E-state index contributed by atoms with van der Waals surface area (Å²) in [4.78, 5) is 16.1. The van der Waals surface area contributed by atoms with Gasteiger partial charge in [-0.3, -0.25) is 9.78 Å². The van der Waals surface area contributed by atoms with E-state index in [1.807, 2.05) is 66.7 Å². The number of amides is 1. The summed E-state index contributed by atoms with van der Waals surface area (Å²) < 4.78 is 5.84. The van der Waals surface area contributed by atoms with Crippen molar-refractivity contribution in [1.29, 1.82) is 0 Å². The predicted octanol–water partition coefficient (Wildman–Crippen LogP) is 3.60. The second-order valence-electron chi connectivity index (χ2n) is 5.42. The Morgan fingerprint density at radius 1 is 0.920 bits per heavy atom. The molecule has 0 aliphatic rings. The van der Waals surface area contributed by atoms with Crippen LogP contribution >= 0.6 is 0 Å². The van der Waals surface area contributed by atoms with Crippen LogP contribution < -0.4 is 15.4 Å². The summed E-state index contributed by atoms with van der Waals surface area (Å²) >= 11 is 0. The fourth-order valence-corrected chi connectivity index (χ4v) is 2.29. The molecule has 0 atom stereocenters. The number of carbonyl (C=O) groups is 1. The average Bonchev–Trinajstić information content (AvgIpc) is 2.65. The van der Waals surface area contributed by atoms with E-state index in [2.05, 4.69) is 15.6 Å². The zero-order valence-electron chi connectivity index (χ0n) is 13.7. The molecule has 0 aliphatic carbocycles. The Balaban J connectivity index is 1.56. The zero-order chi connectivity index (χ0) is 17.3. The maximum Gasteiger partial charge on any atom is 0.238 e. The number of para-hydroxylation sites is 3. The van der Waals surface area contributed by atoms with E-state index >= 15 is 0 Å². The second-order valence-corrected chi connectivity index (χ2v) is 5.42. The Bertz CT molecular complexity index is 807. The molecule has 0 saturated carbocycles. The Morgan fingerprint density at radius 3 is 2.44 bits per heavy atom. The minimum Gasteiger partial charge on any atom is -0.455 e. The summed E-state index contributed by atoms with van der Waals surface area (Å²) in [6.07, 6.45) is 3.46. The number of anilines is 1. The highest BCUT2D eigenvalue weighted by Gasteiger charge is 2.08. The maximum atomic E-state index is 12.2. The molecule has 0 unspecified atom stereocenters. The number of carbonyl (C=O) groups excluding carboxylic acids is 1. The van der Waals surface area contributed by atoms with Crippen molar-refractivity contribution in [3.05, 3.63) is 84.7 Å². The van der Waals surface area contributed by atoms with Gasteiger partial charge in [-0.2, -0.15) is 0 Å². The summed E-state index contributed by atoms with van der Waals surface area (Å²) in [5.74, 6) is 1.20. The smallest absolute Gasteiger partial charge is 0.238 e. The van der Waals surface area contributed by atoms with Crippen molar-refractivity contribution in [2.75, 3.05) is 11.9 Å². The number of hydrogen-bond acceptors (Lipinski definition) is 4. The summed E-state index contributed by atoms with van der Waals surface area (Å²) in [6, 6.07) is 20.7. The van der Waals surface area contributed by atoms with Crippen molar-refractivity contribution in [3.63, 3.8) is 0 Å². The van der Waals surface area contributed by atoms with Gasteiger partial charge in [0.25, 0.3) is 0 Å². The zero-order valence-corrected chi connectivity index (χ0v) is 13.7. The molecule has 3 rings (SSSR count). The van der Waals surface area contributed by atoms with Gasteiger partial charge in [-0.05, 0) is 42.0 Å². The minimum absolute atomic E-state index is 0.127. The van der Waals surface area contributed by atoms with E-state index in [1.54, 1.807) is 12.4 Å². The molecule has 5 nitrogen and oxygen atoms in total. The lowest BCUT2D eigenvalue weighted by Crippen LogP contribution is -2.27. The number of nitrogens with one attached hydrogen (secondary N) is 2. The standard InChI is InChI=1S/C20H19N3O2/c24-20(15-22-14-16-10-12-21-13-11-16)23-18-8-4-5-9-19(18)25-17-6-2-1-3-7-17/h1-13,22H,14-15H2,(H,23,24). The fraction of sp³-hybridized carbons (Fsp3) is 0.100. The van der Waals surface area contributed by atoms with E-state index in [1.165, 1.54) is 0 Å². The molecule has 1 aromatic heterocycles. The molecule has 1 amide bonds. The molecule has 3 aromatic rings. The highest BCUT2D eigenvalue weighted by molar-refractivity contribution is 5.93. The number of ether oxygens (including phenoxy) is 1. The van der Waals surface area contributed by atoms with Crippen LogP contribution in [0, 0.1) is 0 Å². The Kier molecular flexibility index (Phi) is 5.74. The molecule has 0 radical (unpaired) electrons. The topological polar surface area (TPSA) is 63.2 Å². The van der Waals surface area contributed by atoms with E-state index < -0.39 is 0 Å². The van der Waals surface area contributed by atoms with E-state index in [4.69, 9.17) is 4.74 Å². The van der Waals surface area contributed by atoms with E-state index in [0.29, 0.717) is 18.0 Å². The predicted molar refractivity (Wildman–Crippen MR) is 97.5 cm³/mol. The van der Waals surface area contributed by atoms with Gasteiger partial charge in [-0.1, -0.05) is 30.3 Å². The molecule has 5 heteroatoms. The first-order valence-corrected chi connectivity index (χ1v) is 8.03. The van der Waals surface area contributed by atoms with E-state index in [-0.39, 0.29) is 12.5 Å². The van der Waals surface area contributed by atoms with Gasteiger partial charge in [0.05, 0.1) is 12.2 Å². The van der Waals surface area contributed by atoms with Crippen LogP contribution in [0.4, 0.5) is 5.69 Å². The number of rotatable bonds is 7. The highest BCUT2D eigenvalue weighted by atomic mass is 16.5. The minimum atomic E-state index is -0.127. The number of hydrogen-bond donors (Lipinski definition) is 2. The molecule has 0 fully saturated rings. The van der Waals surface area contributed by atoms with Crippen molar-refractivity contribution in [1.82, 2.24) is 10.3 Å². The van der Waals surface area contributed by atoms with Crippen molar-refractivity contribution in [2.24, 2.45) is 0 Å². The Hall–Kier alpha value is -3.18. The van der Waals surface area contributed by atoms with Gasteiger partial charge in [0.2, 0.25) is 5.91 Å². The maximum absolute atomic E-state index is 12.2. The lowest BCUT2D eigenvalue weighted by atomic mass is 10.2. The van der Waals surface area contributed by atoms with Gasteiger partial charge < -0.3 is 15.4 Å². The second kappa shape index (κ2) is 8.61. The van der Waals surface area contributed by atoms with Crippen LogP contribution in [0.15, 0.2) is 79.1 Å². The molecule has 126 valence electrons. The van der Waals surface area contributed by atoms with Gasteiger partial charge in [-0.25, -0.2) is 0 Å². The molecule has 0 spiro atoms. The molecule has 0 saturated heterocycles. The van der Waals surface area contributed by atoms with E-state index in [9.17, 15) is 4.79 Å². The van der Waals surface area contributed by atoms with Crippen LogP contribution in [0.2, 0.25) is 0 Å². The highest BCUT2D eigenvalue weighted by Crippen LogP contribution is 2.28. The van der Waals surface area contributed by atoms with Gasteiger partial charge in [0.15, 0.2) is 5.75 Å². The van der Waals surface area contributed by atoms with Gasteiger partial charge in [0.1, 0.15) is 5.75 Å². The monoisotopic (exact) mass is 333 g/mol. The molecule has 2 N–H and O–H groups in total. The SMILES string of the molecule is O=C(CNCc1ccncc1)Nc1ccccc1Oc1ccccc1. The largest absolute Gasteiger partial charge is 0.455 e. The molecular weight excluding hydrogens is 314 g/mol. The summed E-state index contributed by atoms with van der Waals surface area (Å²) in [5.41, 5.74) is 1.72. The van der Waals surface area contributed by atoms with Gasteiger partial charge in [-0.15, -0.1) is 0 Å². The number of aromatic nitrogens is 1. The first-order valence-electron chi connectivity index (χ1n) is 8.03. The van der Waals surface area contributed by atoms with Crippen molar-refractivity contribution in [2.45, 2.75) is 6.54 Å². The third-order valence-electron chi connectivity index (χ3n) is 3.50. The summed E-state index contributed by atoms with van der Waals surface area (Å²) in [6.45, 7) is 0.820. The van der Waals surface area contributed by atoms with Crippen LogP contribution in [-0.4, -0.2) is 17.4 Å². The fourth-order valence-electron chi connectivity index (χ4n) is 2.29. The lowest BCUT2D eigenvalue weighted by Gasteiger charge is -2.12. The quantitative estimate of drug-likeness (QED) is 0.693. The summed E-state index contributed by atoms with van der Waals surface area (Å²) in [5, 5.41) is 5.99. The summed E-state index contributed by atoms with van der Waals surface area (Å²) in [7, 11) is 0. The molecule has 1 heterocycles. The first kappa shape index (κ1) is 16.7. The van der Waals surface area contributed by atoms with Crippen LogP contribution in [0.3, 0.4) is 0 Å². The molecular formula is C20H19N3O2. The lowest BCUT2D eigenvalue weighted by molar-refractivity contribution is -0.115. The first-order chi connectivity index (χ1) is 12.3. The molecule has 25 heavy (non-hydrogen) atoms. The third-order valence-corrected chi connectivity index (χ3v) is 3.50. The number of nitrogens with zero attached hydrogens (tertiary/aromatic N) is 1. The molecule has 0 bridgehead atoms. The Morgan fingerprint density at radius 2 is 1.64 bits per heavy atom. The average molecular weight is 333 g/mol. The van der Waals surface area contributed by atoms with Crippen molar-refractivity contribution < 1.29 is 9.53 Å². The molecule has 0 aliphatic heterocycles. The van der Waals surface area contributed by atoms with Crippen LogP contribution in [0.5, 0.6) is 11.5 Å². The van der Waals surface area contributed by atoms with Crippen LogP contribution in [-0.2, 0) is 11.3 Å². The normalized spacial score (nSPS) is 10.2. The van der Waals surface area contributed by atoms with Gasteiger partial charge in [0, 0.05) is 18.9 Å². The van der Waals surface area contributed by atoms with Gasteiger partial charge >= 0.3 is 0 Å². The Labute approximate surface area is 146 Å². The number of benzene rings is 2. The van der Waals surface area contributed by atoms with Crippen LogP contribution in [0.1, 0.15) is 5.56 Å². The number of pyridine rings is 1. The van der Waals surface area contributed by atoms with Crippen molar-refractivity contribution >= 4 is 11.6 Å². The van der Waals surface area contributed by atoms with E-state index in [0.717, 1.165) is 11.3 Å². The molecule has 2 aromatic carbocycles. The third kappa shape index (κ3) is 5.16. The van der Waals surface area contributed by atoms with Crippen LogP contribution in [0.25, 0.3) is 0 Å². The van der Waals surface area contributed by atoms with Crippen molar-refractivity contribution in [3.8, 4) is 11.5 Å².